The molecule has 1 atom stereocenters. The van der Waals surface area contributed by atoms with Gasteiger partial charge in [0.05, 0.1) is 17.7 Å². The van der Waals surface area contributed by atoms with Crippen LogP contribution in [0.1, 0.15) is 31.4 Å². The van der Waals surface area contributed by atoms with Crippen molar-refractivity contribution in [3.63, 3.8) is 0 Å². The van der Waals surface area contributed by atoms with Crippen LogP contribution in [0.5, 0.6) is 0 Å². The second kappa shape index (κ2) is 5.98. The minimum Gasteiger partial charge on any atom is -0.338 e. The van der Waals surface area contributed by atoms with Crippen molar-refractivity contribution in [2.45, 2.75) is 25.8 Å². The van der Waals surface area contributed by atoms with Crippen molar-refractivity contribution in [2.24, 2.45) is 0 Å². The Balaban J connectivity index is 2.12. The van der Waals surface area contributed by atoms with E-state index in [9.17, 15) is 0 Å². The number of nitrogens with zero attached hydrogens (tertiary/aromatic N) is 2. The summed E-state index contributed by atoms with van der Waals surface area (Å²) in [4.78, 5) is 0. The molecule has 3 heteroatoms. The number of hydrogen-bond donors (Lipinski definition) is 0. The Morgan fingerprint density at radius 2 is 2.32 bits per heavy atom. The topological polar surface area (TPSA) is 28.7 Å². The zero-order chi connectivity index (χ0) is 15.7. The van der Waals surface area contributed by atoms with E-state index in [1.165, 1.54) is 11.1 Å². The number of rotatable bonds is 3. The molecule has 0 N–H and O–H groups in total. The van der Waals surface area contributed by atoms with E-state index in [4.69, 9.17) is 5.26 Å². The summed E-state index contributed by atoms with van der Waals surface area (Å²) in [5.41, 5.74) is 4.43. The fourth-order valence-corrected chi connectivity index (χ4v) is 3.56. The number of hydrogen-bond acceptors (Lipinski definition) is 1. The van der Waals surface area contributed by atoms with Gasteiger partial charge in [0, 0.05) is 21.6 Å². The molecule has 0 bridgehead atoms. The second-order valence-corrected chi connectivity index (χ2v) is 6.31. The van der Waals surface area contributed by atoms with E-state index in [0.29, 0.717) is 5.56 Å². The monoisotopic (exact) mass is 352 g/mol. The van der Waals surface area contributed by atoms with E-state index in [-0.39, 0.29) is 6.04 Å². The van der Waals surface area contributed by atoms with Gasteiger partial charge in [0.15, 0.2) is 0 Å². The number of halogens is 1. The number of fused-ring (bicyclic) bond motifs is 1. The molecule has 1 aromatic carbocycles. The summed E-state index contributed by atoms with van der Waals surface area (Å²) in [5.74, 6) is 0. The average Bonchev–Trinajstić information content (AvgIpc) is 2.90. The Kier molecular flexibility index (Phi) is 4.04. The molecule has 2 nitrogen and oxygen atoms in total. The van der Waals surface area contributed by atoms with Crippen LogP contribution in [0.4, 0.5) is 0 Å². The summed E-state index contributed by atoms with van der Waals surface area (Å²) in [6, 6.07) is 8.29. The minimum atomic E-state index is 0.259. The molecule has 1 aromatic heterocycles. The number of nitriles is 1. The first kappa shape index (κ1) is 14.9. The Labute approximate surface area is 139 Å². The zero-order valence-corrected chi connectivity index (χ0v) is 14.1. The maximum atomic E-state index is 9.08. The second-order valence-electron chi connectivity index (χ2n) is 5.46. The maximum absolute atomic E-state index is 9.08. The zero-order valence-electron chi connectivity index (χ0n) is 12.5. The fraction of sp³-hybridized carbons (Fsp3) is 0.211. The molecule has 1 aliphatic carbocycles. The van der Waals surface area contributed by atoms with E-state index in [1.54, 1.807) is 0 Å². The van der Waals surface area contributed by atoms with Crippen LogP contribution in [-0.2, 0) is 0 Å². The maximum Gasteiger partial charge on any atom is 0.0991 e. The summed E-state index contributed by atoms with van der Waals surface area (Å²) in [5, 5.41) is 10.2. The summed E-state index contributed by atoms with van der Waals surface area (Å²) in [6.07, 6.45) is 10.6. The predicted molar refractivity (Wildman–Crippen MR) is 94.7 cm³/mol. The molecular formula is C19H17BrN2. The lowest BCUT2D eigenvalue weighted by Gasteiger charge is -2.24. The van der Waals surface area contributed by atoms with E-state index < -0.39 is 0 Å². The van der Waals surface area contributed by atoms with Gasteiger partial charge < -0.3 is 4.57 Å². The normalized spacial score (nSPS) is 17.8. The van der Waals surface area contributed by atoms with Gasteiger partial charge in [0.2, 0.25) is 0 Å². The molecule has 1 unspecified atom stereocenters. The quantitative estimate of drug-likeness (QED) is 0.699. The first-order valence-electron chi connectivity index (χ1n) is 7.41. The third-order valence-electron chi connectivity index (χ3n) is 4.23. The summed E-state index contributed by atoms with van der Waals surface area (Å²) in [6.45, 7) is 6.15. The Bertz CT molecular complexity index is 846. The average molecular weight is 353 g/mol. The van der Waals surface area contributed by atoms with Crippen LogP contribution in [0.2, 0.25) is 0 Å². The first-order valence-corrected chi connectivity index (χ1v) is 8.20. The van der Waals surface area contributed by atoms with Gasteiger partial charge in [-0.3, -0.25) is 0 Å². The van der Waals surface area contributed by atoms with Crippen LogP contribution in [-0.4, -0.2) is 4.57 Å². The highest BCUT2D eigenvalue weighted by atomic mass is 79.9. The van der Waals surface area contributed by atoms with E-state index in [0.717, 1.165) is 28.2 Å². The molecule has 0 aliphatic heterocycles. The molecular weight excluding hydrogens is 336 g/mol. The molecule has 110 valence electrons. The largest absolute Gasteiger partial charge is 0.338 e. The SMILES string of the molecule is C=CC1=CC(CC)=CCC1n1cc(Br)c2cc(C#N)ccc21. The van der Waals surface area contributed by atoms with Crippen molar-refractivity contribution < 1.29 is 0 Å². The van der Waals surface area contributed by atoms with E-state index in [2.05, 4.69) is 58.4 Å². The molecule has 2 aromatic rings. The molecule has 0 saturated heterocycles. The minimum absolute atomic E-state index is 0.259. The van der Waals surface area contributed by atoms with Crippen molar-refractivity contribution in [3.05, 3.63) is 70.4 Å². The van der Waals surface area contributed by atoms with Gasteiger partial charge in [0.1, 0.15) is 0 Å². The molecule has 3 rings (SSSR count). The lowest BCUT2D eigenvalue weighted by Crippen LogP contribution is -2.12. The molecule has 1 heterocycles. The first-order chi connectivity index (χ1) is 10.7. The Hall–Kier alpha value is -2.05. The van der Waals surface area contributed by atoms with Gasteiger partial charge >= 0.3 is 0 Å². The molecule has 22 heavy (non-hydrogen) atoms. The van der Waals surface area contributed by atoms with E-state index >= 15 is 0 Å². The van der Waals surface area contributed by atoms with Gasteiger partial charge in [-0.25, -0.2) is 0 Å². The Morgan fingerprint density at radius 3 is 3.00 bits per heavy atom. The van der Waals surface area contributed by atoms with Crippen LogP contribution in [0.3, 0.4) is 0 Å². The highest BCUT2D eigenvalue weighted by Crippen LogP contribution is 2.36. The summed E-state index contributed by atoms with van der Waals surface area (Å²) in [7, 11) is 0. The van der Waals surface area contributed by atoms with Gasteiger partial charge in [-0.05, 0) is 52.5 Å². The molecule has 0 spiro atoms. The molecule has 0 radical (unpaired) electrons. The highest BCUT2D eigenvalue weighted by Gasteiger charge is 2.20. The lowest BCUT2D eigenvalue weighted by molar-refractivity contribution is 0.601. The van der Waals surface area contributed by atoms with Crippen molar-refractivity contribution in [1.29, 1.82) is 5.26 Å². The highest BCUT2D eigenvalue weighted by molar-refractivity contribution is 9.10. The molecule has 0 saturated carbocycles. The molecule has 0 amide bonds. The van der Waals surface area contributed by atoms with Gasteiger partial charge in [-0.15, -0.1) is 0 Å². The predicted octanol–water partition coefficient (Wildman–Crippen LogP) is 5.67. The Morgan fingerprint density at radius 1 is 1.50 bits per heavy atom. The summed E-state index contributed by atoms with van der Waals surface area (Å²) >= 11 is 3.62. The van der Waals surface area contributed by atoms with Crippen molar-refractivity contribution in [2.75, 3.05) is 0 Å². The van der Waals surface area contributed by atoms with Crippen LogP contribution in [0.25, 0.3) is 10.9 Å². The number of benzene rings is 1. The van der Waals surface area contributed by atoms with Crippen LogP contribution >= 0.6 is 15.9 Å². The van der Waals surface area contributed by atoms with Crippen molar-refractivity contribution in [3.8, 4) is 6.07 Å². The van der Waals surface area contributed by atoms with Gasteiger partial charge in [-0.2, -0.15) is 5.26 Å². The molecule has 0 fully saturated rings. The third-order valence-corrected chi connectivity index (χ3v) is 4.87. The van der Waals surface area contributed by atoms with Gasteiger partial charge in [-0.1, -0.05) is 37.3 Å². The lowest BCUT2D eigenvalue weighted by atomic mass is 9.93. The van der Waals surface area contributed by atoms with Crippen LogP contribution in [0, 0.1) is 11.3 Å². The molecule has 1 aliphatic rings. The number of allylic oxidation sites excluding steroid dienone is 5. The van der Waals surface area contributed by atoms with Crippen LogP contribution < -0.4 is 0 Å². The summed E-state index contributed by atoms with van der Waals surface area (Å²) < 4.78 is 3.30. The number of aromatic nitrogens is 1. The van der Waals surface area contributed by atoms with Gasteiger partial charge in [0.25, 0.3) is 0 Å². The third kappa shape index (κ3) is 2.44. The van der Waals surface area contributed by atoms with E-state index in [1.807, 2.05) is 24.3 Å². The van der Waals surface area contributed by atoms with Crippen LogP contribution in [0.15, 0.2) is 64.8 Å². The standard InChI is InChI=1S/C19H17BrN2/c1-3-13-5-7-18(15(4-2)9-13)22-12-17(20)16-10-14(11-21)6-8-19(16)22/h4-6,8-10,12,18H,2-3,7H2,1H3. The fourth-order valence-electron chi connectivity index (χ4n) is 3.02. The smallest absolute Gasteiger partial charge is 0.0991 e. The van der Waals surface area contributed by atoms with Crippen molar-refractivity contribution in [1.82, 2.24) is 4.57 Å². The van der Waals surface area contributed by atoms with Crippen molar-refractivity contribution >= 4 is 26.8 Å².